The van der Waals surface area contributed by atoms with E-state index in [0.29, 0.717) is 17.3 Å². The summed E-state index contributed by atoms with van der Waals surface area (Å²) >= 11 is 4.72. The number of rotatable bonds is 6. The van der Waals surface area contributed by atoms with Crippen molar-refractivity contribution >= 4 is 33.1 Å². The third-order valence-electron chi connectivity index (χ3n) is 3.86. The van der Waals surface area contributed by atoms with E-state index in [9.17, 15) is 14.5 Å². The molecule has 0 fully saturated rings. The van der Waals surface area contributed by atoms with E-state index in [0.717, 1.165) is 5.01 Å². The Balaban J connectivity index is 1.77. The first-order chi connectivity index (χ1) is 12.0. The minimum atomic E-state index is -0.586. The van der Waals surface area contributed by atoms with E-state index < -0.39 is 10.3 Å². The van der Waals surface area contributed by atoms with Crippen molar-refractivity contribution in [1.82, 2.24) is 9.97 Å². The predicted octanol–water partition coefficient (Wildman–Crippen LogP) is 4.73. The lowest BCUT2D eigenvalue weighted by Crippen LogP contribution is -2.27. The molecule has 1 aliphatic rings. The number of allylic oxidation sites excluding steroid dienone is 4. The Bertz CT molecular complexity index is 841. The maximum absolute atomic E-state index is 13.4. The number of halogens is 2. The Morgan fingerprint density at radius 3 is 2.96 bits per heavy atom. The lowest BCUT2D eigenvalue weighted by atomic mass is 9.79. The lowest BCUT2D eigenvalue weighted by Gasteiger charge is -2.29. The van der Waals surface area contributed by atoms with E-state index in [-0.39, 0.29) is 24.0 Å². The van der Waals surface area contributed by atoms with Crippen LogP contribution in [0, 0.1) is 10.1 Å². The largest absolute Gasteiger partial charge is 0.486 e. The number of thiazole rings is 1. The van der Waals surface area contributed by atoms with Gasteiger partial charge in [0.2, 0.25) is 5.75 Å². The van der Waals surface area contributed by atoms with Crippen LogP contribution in [0.1, 0.15) is 17.8 Å². The van der Waals surface area contributed by atoms with Crippen molar-refractivity contribution in [2.75, 3.05) is 6.61 Å². The Labute approximate surface area is 155 Å². The summed E-state index contributed by atoms with van der Waals surface area (Å²) in [6.45, 7) is 0.207. The van der Waals surface area contributed by atoms with Gasteiger partial charge in [0.1, 0.15) is 10.8 Å². The van der Waals surface area contributed by atoms with Gasteiger partial charge in [0.25, 0.3) is 0 Å². The Morgan fingerprint density at radius 1 is 1.48 bits per heavy atom. The van der Waals surface area contributed by atoms with Gasteiger partial charge < -0.3 is 14.9 Å². The normalized spacial score (nSPS) is 19.5. The highest BCUT2D eigenvalue weighted by Gasteiger charge is 2.33. The molecule has 6 nitrogen and oxygen atoms in total. The third kappa shape index (κ3) is 3.93. The SMILES string of the molecule is O=[N+]([O-])c1ncc(Br)cc1OCCC1(c2nccs2)C=CC(F)=CC1. The van der Waals surface area contributed by atoms with Gasteiger partial charge >= 0.3 is 5.82 Å². The first-order valence-corrected chi connectivity index (χ1v) is 9.05. The van der Waals surface area contributed by atoms with Gasteiger partial charge in [-0.15, -0.1) is 11.3 Å². The molecule has 3 rings (SSSR count). The van der Waals surface area contributed by atoms with Crippen molar-refractivity contribution < 1.29 is 14.1 Å². The van der Waals surface area contributed by atoms with Crippen molar-refractivity contribution in [2.24, 2.45) is 0 Å². The van der Waals surface area contributed by atoms with E-state index in [1.165, 1.54) is 35.8 Å². The molecular formula is C16H13BrFN3O3S. The molecule has 2 aromatic rings. The van der Waals surface area contributed by atoms with Gasteiger partial charge in [-0.05, 0) is 50.8 Å². The van der Waals surface area contributed by atoms with Gasteiger partial charge in [-0.1, -0.05) is 6.08 Å². The fourth-order valence-corrected chi connectivity index (χ4v) is 3.75. The molecule has 130 valence electrons. The van der Waals surface area contributed by atoms with E-state index in [1.54, 1.807) is 12.3 Å². The molecule has 0 spiro atoms. The van der Waals surface area contributed by atoms with Crippen LogP contribution in [0.5, 0.6) is 5.75 Å². The molecule has 0 N–H and O–H groups in total. The monoisotopic (exact) mass is 425 g/mol. The van der Waals surface area contributed by atoms with Gasteiger partial charge in [0, 0.05) is 23.1 Å². The zero-order valence-corrected chi connectivity index (χ0v) is 15.3. The van der Waals surface area contributed by atoms with Crippen molar-refractivity contribution in [3.63, 3.8) is 0 Å². The molecule has 2 aromatic heterocycles. The van der Waals surface area contributed by atoms with Crippen molar-refractivity contribution in [3.8, 4) is 5.75 Å². The quantitative estimate of drug-likeness (QED) is 0.493. The zero-order valence-electron chi connectivity index (χ0n) is 12.9. The molecular weight excluding hydrogens is 413 g/mol. The summed E-state index contributed by atoms with van der Waals surface area (Å²) in [6.07, 6.45) is 8.75. The molecule has 1 unspecified atom stereocenters. The molecule has 0 radical (unpaired) electrons. The van der Waals surface area contributed by atoms with Gasteiger partial charge in [-0.2, -0.15) is 0 Å². The molecule has 1 atom stereocenters. The highest BCUT2D eigenvalue weighted by molar-refractivity contribution is 9.10. The fourth-order valence-electron chi connectivity index (χ4n) is 2.58. The molecule has 0 saturated carbocycles. The van der Waals surface area contributed by atoms with E-state index in [1.807, 2.05) is 5.38 Å². The summed E-state index contributed by atoms with van der Waals surface area (Å²) in [5, 5.41) is 13.8. The average Bonchev–Trinajstić information content (AvgIpc) is 3.12. The van der Waals surface area contributed by atoms with Crippen LogP contribution in [-0.2, 0) is 5.41 Å². The van der Waals surface area contributed by atoms with Gasteiger partial charge in [0.15, 0.2) is 6.20 Å². The first-order valence-electron chi connectivity index (χ1n) is 7.38. The molecule has 9 heteroatoms. The zero-order chi connectivity index (χ0) is 17.9. The topological polar surface area (TPSA) is 78.2 Å². The van der Waals surface area contributed by atoms with Crippen LogP contribution in [0.15, 0.2) is 52.4 Å². The number of hydrogen-bond donors (Lipinski definition) is 0. The molecule has 0 bridgehead atoms. The Hall–Kier alpha value is -2.13. The molecule has 0 saturated heterocycles. The summed E-state index contributed by atoms with van der Waals surface area (Å²) < 4.78 is 19.6. The number of hydrogen-bond acceptors (Lipinski definition) is 6. The molecule has 1 aliphatic carbocycles. The van der Waals surface area contributed by atoms with Crippen molar-refractivity contribution in [1.29, 1.82) is 0 Å². The average molecular weight is 426 g/mol. The van der Waals surface area contributed by atoms with Crippen molar-refractivity contribution in [3.05, 3.63) is 67.5 Å². The summed E-state index contributed by atoms with van der Waals surface area (Å²) in [4.78, 5) is 18.6. The second-order valence-corrected chi connectivity index (χ2v) is 7.26. The van der Waals surface area contributed by atoms with Gasteiger partial charge in [0.05, 0.1) is 11.1 Å². The molecule has 0 aromatic carbocycles. The number of nitro groups is 1. The van der Waals surface area contributed by atoms with Crippen LogP contribution >= 0.6 is 27.3 Å². The predicted molar refractivity (Wildman–Crippen MR) is 95.4 cm³/mol. The smallest absolute Gasteiger partial charge is 0.406 e. The highest BCUT2D eigenvalue weighted by atomic mass is 79.9. The molecule has 25 heavy (non-hydrogen) atoms. The van der Waals surface area contributed by atoms with E-state index in [4.69, 9.17) is 4.74 Å². The van der Waals surface area contributed by atoms with Crippen LogP contribution in [0.25, 0.3) is 0 Å². The second kappa shape index (κ2) is 7.40. The van der Waals surface area contributed by atoms with Crippen molar-refractivity contribution in [2.45, 2.75) is 18.3 Å². The van der Waals surface area contributed by atoms with Crippen LogP contribution in [0.3, 0.4) is 0 Å². The van der Waals surface area contributed by atoms with E-state index in [2.05, 4.69) is 25.9 Å². The summed E-state index contributed by atoms with van der Waals surface area (Å²) in [7, 11) is 0. The van der Waals surface area contributed by atoms with E-state index >= 15 is 0 Å². The van der Waals surface area contributed by atoms with Gasteiger partial charge in [-0.3, -0.25) is 0 Å². The highest BCUT2D eigenvalue weighted by Crippen LogP contribution is 2.39. The first kappa shape index (κ1) is 17.7. The van der Waals surface area contributed by atoms with Crippen LogP contribution in [-0.4, -0.2) is 21.5 Å². The maximum atomic E-state index is 13.4. The standard InChI is InChI=1S/C16H13BrFN3O3S/c17-11-9-13(14(20-10-11)21(22)23)24-7-5-16(15-19-6-8-25-15)3-1-12(18)2-4-16/h1-3,6,8-10H,4-5,7H2. The summed E-state index contributed by atoms with van der Waals surface area (Å²) in [5.74, 6) is -0.522. The maximum Gasteiger partial charge on any atom is 0.406 e. The second-order valence-electron chi connectivity index (χ2n) is 5.45. The molecule has 2 heterocycles. The van der Waals surface area contributed by atoms with Crippen LogP contribution < -0.4 is 4.74 Å². The minimum Gasteiger partial charge on any atom is -0.486 e. The summed E-state index contributed by atoms with van der Waals surface area (Å²) in [6, 6.07) is 1.51. The number of aromatic nitrogens is 2. The number of ether oxygens (including phenoxy) is 1. The minimum absolute atomic E-state index is 0.0928. The van der Waals surface area contributed by atoms with Gasteiger partial charge in [-0.25, -0.2) is 9.37 Å². The molecule has 0 aliphatic heterocycles. The Kier molecular flexibility index (Phi) is 5.24. The number of pyridine rings is 1. The van der Waals surface area contributed by atoms with Crippen LogP contribution in [0.2, 0.25) is 0 Å². The number of nitrogens with zero attached hydrogens (tertiary/aromatic N) is 3. The summed E-state index contributed by atoms with van der Waals surface area (Å²) in [5.41, 5.74) is -0.474. The third-order valence-corrected chi connectivity index (χ3v) is 5.29. The molecule has 0 amide bonds. The fraction of sp³-hybridized carbons (Fsp3) is 0.250. The lowest BCUT2D eigenvalue weighted by molar-refractivity contribution is -0.390. The van der Waals surface area contributed by atoms with Crippen LogP contribution in [0.4, 0.5) is 10.2 Å². The Morgan fingerprint density at radius 2 is 2.32 bits per heavy atom.